The molecule has 0 aromatic heterocycles. The Hall–Kier alpha value is -0.440. The minimum absolute atomic E-state index is 0.316. The van der Waals surface area contributed by atoms with Gasteiger partial charge in [0.25, 0.3) is 0 Å². The summed E-state index contributed by atoms with van der Waals surface area (Å²) in [6.45, 7) is 4.77. The molecule has 0 aromatic rings. The van der Waals surface area contributed by atoms with Gasteiger partial charge in [-0.15, -0.1) is 6.42 Å². The van der Waals surface area contributed by atoms with Gasteiger partial charge in [-0.1, -0.05) is 19.8 Å². The van der Waals surface area contributed by atoms with Crippen molar-refractivity contribution in [3.8, 4) is 12.3 Å². The molecule has 0 atom stereocenters. The van der Waals surface area contributed by atoms with Crippen LogP contribution in [0.3, 0.4) is 0 Å². The largest absolute Gasteiger partial charge is 0.120 e. The molecule has 0 heteroatoms. The summed E-state index contributed by atoms with van der Waals surface area (Å²) in [4.78, 5) is 0. The predicted molar refractivity (Wildman–Crippen MR) is 56.2 cm³/mol. The van der Waals surface area contributed by atoms with E-state index in [4.69, 9.17) is 6.42 Å². The molecule has 13 heavy (non-hydrogen) atoms. The van der Waals surface area contributed by atoms with Crippen LogP contribution in [0.5, 0.6) is 0 Å². The molecule has 0 N–H and O–H groups in total. The van der Waals surface area contributed by atoms with Crippen LogP contribution in [0.4, 0.5) is 0 Å². The van der Waals surface area contributed by atoms with Crippen molar-refractivity contribution in [2.75, 3.05) is 0 Å². The zero-order chi connectivity index (χ0) is 9.53. The molecular weight excluding hydrogens is 156 g/mol. The van der Waals surface area contributed by atoms with Gasteiger partial charge in [0.05, 0.1) is 0 Å². The van der Waals surface area contributed by atoms with Gasteiger partial charge in [-0.3, -0.25) is 0 Å². The molecule has 3 aliphatic rings. The van der Waals surface area contributed by atoms with Crippen molar-refractivity contribution in [2.24, 2.45) is 16.7 Å². The van der Waals surface area contributed by atoms with E-state index in [9.17, 15) is 0 Å². The van der Waals surface area contributed by atoms with Crippen LogP contribution in [0.2, 0.25) is 0 Å². The van der Waals surface area contributed by atoms with Crippen molar-refractivity contribution in [1.29, 1.82) is 0 Å². The highest BCUT2D eigenvalue weighted by atomic mass is 14.5. The second-order valence-corrected chi connectivity index (χ2v) is 5.44. The first-order valence-corrected chi connectivity index (χ1v) is 5.60. The quantitative estimate of drug-likeness (QED) is 0.535. The number of hydrogen-bond acceptors (Lipinski definition) is 0. The Bertz CT molecular complexity index is 217. The first-order valence-electron chi connectivity index (χ1n) is 5.60. The maximum Gasteiger partial charge on any atom is 0.0312 e. The number of fused-ring (bicyclic) bond motifs is 3. The summed E-state index contributed by atoms with van der Waals surface area (Å²) in [6, 6.07) is 0. The first kappa shape index (κ1) is 9.13. The summed E-state index contributed by atoms with van der Waals surface area (Å²) in [5.74, 6) is 3.91. The van der Waals surface area contributed by atoms with Crippen molar-refractivity contribution in [1.82, 2.24) is 0 Å². The smallest absolute Gasteiger partial charge is 0.0312 e. The van der Waals surface area contributed by atoms with E-state index in [1.54, 1.807) is 0 Å². The zero-order valence-corrected chi connectivity index (χ0v) is 8.90. The maximum absolute atomic E-state index is 5.64. The van der Waals surface area contributed by atoms with Gasteiger partial charge in [0.15, 0.2) is 0 Å². The molecule has 0 saturated heterocycles. The van der Waals surface area contributed by atoms with Gasteiger partial charge in [0, 0.05) is 5.41 Å². The first-order chi connectivity index (χ1) is 6.13. The molecule has 0 aliphatic heterocycles. The molecule has 0 amide bonds. The monoisotopic (exact) mass is 176 g/mol. The highest BCUT2D eigenvalue weighted by Gasteiger charge is 2.48. The van der Waals surface area contributed by atoms with Gasteiger partial charge >= 0.3 is 0 Å². The van der Waals surface area contributed by atoms with Gasteiger partial charge in [0.2, 0.25) is 0 Å². The van der Waals surface area contributed by atoms with Crippen LogP contribution in [0, 0.1) is 29.1 Å². The third-order valence-corrected chi connectivity index (χ3v) is 4.84. The molecule has 3 aliphatic carbocycles. The van der Waals surface area contributed by atoms with Crippen molar-refractivity contribution in [3.05, 3.63) is 0 Å². The van der Waals surface area contributed by atoms with E-state index >= 15 is 0 Å². The van der Waals surface area contributed by atoms with Crippen molar-refractivity contribution >= 4 is 0 Å². The summed E-state index contributed by atoms with van der Waals surface area (Å²) in [5.41, 5.74) is 0.981. The van der Waals surface area contributed by atoms with E-state index in [0.29, 0.717) is 10.8 Å². The minimum atomic E-state index is 0.316. The third-order valence-electron chi connectivity index (χ3n) is 4.84. The van der Waals surface area contributed by atoms with E-state index in [-0.39, 0.29) is 0 Å². The molecular formula is C13H20. The average Bonchev–Trinajstić information content (AvgIpc) is 2.20. The molecule has 0 nitrogen and oxygen atoms in total. The Morgan fingerprint density at radius 3 is 1.77 bits per heavy atom. The predicted octanol–water partition coefficient (Wildman–Crippen LogP) is 3.62. The van der Waals surface area contributed by atoms with E-state index in [2.05, 4.69) is 19.8 Å². The number of rotatable bonds is 1. The third kappa shape index (κ3) is 1.21. The van der Waals surface area contributed by atoms with Gasteiger partial charge in [-0.05, 0) is 49.9 Å². The molecule has 0 radical (unpaired) electrons. The fraction of sp³-hybridized carbons (Fsp3) is 0.846. The van der Waals surface area contributed by atoms with Gasteiger partial charge in [-0.25, -0.2) is 0 Å². The molecule has 3 saturated carbocycles. The number of terminal acetylenes is 1. The summed E-state index contributed by atoms with van der Waals surface area (Å²) in [7, 11) is 0. The Labute approximate surface area is 82.1 Å². The second-order valence-electron chi connectivity index (χ2n) is 5.44. The van der Waals surface area contributed by atoms with Crippen LogP contribution < -0.4 is 0 Å². The highest BCUT2D eigenvalue weighted by molar-refractivity contribution is 5.13. The molecule has 2 bridgehead atoms. The lowest BCUT2D eigenvalue weighted by Crippen LogP contribution is -2.43. The van der Waals surface area contributed by atoms with Crippen LogP contribution >= 0.6 is 0 Å². The highest BCUT2D eigenvalue weighted by Crippen LogP contribution is 2.59. The fourth-order valence-electron chi connectivity index (χ4n) is 3.30. The Balaban J connectivity index is 2.17. The summed E-state index contributed by atoms with van der Waals surface area (Å²) < 4.78 is 0. The van der Waals surface area contributed by atoms with Crippen LogP contribution in [-0.2, 0) is 0 Å². The maximum atomic E-state index is 5.64. The molecule has 0 unspecified atom stereocenters. The standard InChI is InChI=1S/C13H20/c1-4-12-5-8-13(9-6-12,10-7-12)11(2)3/h1,11H,5-10H2,2-3H3. The summed E-state index contributed by atoms with van der Waals surface area (Å²) >= 11 is 0. The lowest BCUT2D eigenvalue weighted by atomic mass is 9.51. The molecule has 72 valence electrons. The second kappa shape index (κ2) is 2.77. The van der Waals surface area contributed by atoms with Gasteiger partial charge < -0.3 is 0 Å². The average molecular weight is 176 g/mol. The zero-order valence-electron chi connectivity index (χ0n) is 8.90. The Kier molecular flexibility index (Phi) is 1.95. The van der Waals surface area contributed by atoms with Crippen molar-refractivity contribution in [3.63, 3.8) is 0 Å². The normalized spacial score (nSPS) is 43.5. The molecule has 3 fully saturated rings. The minimum Gasteiger partial charge on any atom is -0.120 e. The topological polar surface area (TPSA) is 0 Å². The van der Waals surface area contributed by atoms with E-state index in [1.165, 1.54) is 38.5 Å². The molecule has 0 spiro atoms. The van der Waals surface area contributed by atoms with E-state index < -0.39 is 0 Å². The molecule has 0 heterocycles. The number of hydrogen-bond donors (Lipinski definition) is 0. The lowest BCUT2D eigenvalue weighted by Gasteiger charge is -2.53. The molecule has 3 rings (SSSR count). The van der Waals surface area contributed by atoms with Gasteiger partial charge in [-0.2, -0.15) is 0 Å². The van der Waals surface area contributed by atoms with E-state index in [1.807, 2.05) is 0 Å². The van der Waals surface area contributed by atoms with Crippen LogP contribution in [0.15, 0.2) is 0 Å². The Morgan fingerprint density at radius 1 is 1.00 bits per heavy atom. The van der Waals surface area contributed by atoms with Crippen molar-refractivity contribution in [2.45, 2.75) is 52.4 Å². The summed E-state index contributed by atoms with van der Waals surface area (Å²) in [5, 5.41) is 0. The van der Waals surface area contributed by atoms with Crippen LogP contribution in [0.1, 0.15) is 52.4 Å². The molecule has 0 aromatic carbocycles. The van der Waals surface area contributed by atoms with Crippen molar-refractivity contribution < 1.29 is 0 Å². The summed E-state index contributed by atoms with van der Waals surface area (Å²) in [6.07, 6.45) is 13.7. The van der Waals surface area contributed by atoms with E-state index in [0.717, 1.165) is 5.92 Å². The lowest BCUT2D eigenvalue weighted by molar-refractivity contribution is -0.00861. The SMILES string of the molecule is C#CC12CCC(C(C)C)(CC1)CC2. The van der Waals surface area contributed by atoms with Crippen LogP contribution in [-0.4, -0.2) is 0 Å². The van der Waals surface area contributed by atoms with Crippen LogP contribution in [0.25, 0.3) is 0 Å². The van der Waals surface area contributed by atoms with Gasteiger partial charge in [0.1, 0.15) is 0 Å². The Morgan fingerprint density at radius 2 is 1.46 bits per heavy atom. The fourth-order valence-corrected chi connectivity index (χ4v) is 3.30.